The fourth-order valence-electron chi connectivity index (χ4n) is 2.68. The molecule has 2 aromatic rings. The molecule has 2 rings (SSSR count). The largest absolute Gasteiger partial charge is 0.289 e. The minimum Gasteiger partial charge on any atom is -0.289 e. The summed E-state index contributed by atoms with van der Waals surface area (Å²) in [7, 11) is 0. The fraction of sp³-hybridized carbons (Fsp3) is 0.318. The van der Waals surface area contributed by atoms with E-state index in [1.165, 1.54) is 18.4 Å². The van der Waals surface area contributed by atoms with Crippen LogP contribution in [0.2, 0.25) is 0 Å². The second-order valence-electron chi connectivity index (χ2n) is 5.91. The Morgan fingerprint density at radius 3 is 2.22 bits per heavy atom. The van der Waals surface area contributed by atoms with E-state index in [2.05, 4.69) is 37.3 Å². The first-order valence-electron chi connectivity index (χ1n) is 8.64. The van der Waals surface area contributed by atoms with Crippen LogP contribution in [0, 0.1) is 0 Å². The summed E-state index contributed by atoms with van der Waals surface area (Å²) < 4.78 is 0. The predicted octanol–water partition coefficient (Wildman–Crippen LogP) is 6.01. The smallest absolute Gasteiger partial charge is 0.188 e. The van der Waals surface area contributed by atoms with Crippen molar-refractivity contribution in [3.8, 4) is 0 Å². The van der Waals surface area contributed by atoms with Gasteiger partial charge in [0.1, 0.15) is 0 Å². The molecule has 0 unspecified atom stereocenters. The SMILES string of the molecule is CCCCC/C=C(\CCc1ccccc1)C(=O)c1ccccc1. The molecular formula is C22H26O. The zero-order chi connectivity index (χ0) is 16.3. The molecule has 0 amide bonds. The zero-order valence-corrected chi connectivity index (χ0v) is 14.0. The lowest BCUT2D eigenvalue weighted by atomic mass is 9.96. The number of carbonyl (C=O) groups excluding carboxylic acids is 1. The molecular weight excluding hydrogens is 280 g/mol. The molecule has 0 atom stereocenters. The minimum absolute atomic E-state index is 0.179. The lowest BCUT2D eigenvalue weighted by Crippen LogP contribution is -2.05. The molecule has 1 nitrogen and oxygen atoms in total. The van der Waals surface area contributed by atoms with Gasteiger partial charge < -0.3 is 0 Å². The van der Waals surface area contributed by atoms with Crippen LogP contribution in [-0.4, -0.2) is 5.78 Å². The normalized spacial score (nSPS) is 11.4. The van der Waals surface area contributed by atoms with Gasteiger partial charge in [-0.1, -0.05) is 86.5 Å². The van der Waals surface area contributed by atoms with E-state index in [4.69, 9.17) is 0 Å². The maximum absolute atomic E-state index is 12.8. The van der Waals surface area contributed by atoms with Gasteiger partial charge in [-0.2, -0.15) is 0 Å². The lowest BCUT2D eigenvalue weighted by Gasteiger charge is -2.08. The lowest BCUT2D eigenvalue weighted by molar-refractivity contribution is 0.103. The molecule has 0 fully saturated rings. The third kappa shape index (κ3) is 5.86. The highest BCUT2D eigenvalue weighted by molar-refractivity contribution is 6.08. The predicted molar refractivity (Wildman–Crippen MR) is 97.8 cm³/mol. The molecule has 0 spiro atoms. The van der Waals surface area contributed by atoms with Crippen LogP contribution in [0.15, 0.2) is 72.3 Å². The molecule has 0 bridgehead atoms. The number of ketones is 1. The number of hydrogen-bond donors (Lipinski definition) is 0. The second-order valence-corrected chi connectivity index (χ2v) is 5.91. The monoisotopic (exact) mass is 306 g/mol. The summed E-state index contributed by atoms with van der Waals surface area (Å²) in [5.74, 6) is 0.179. The molecule has 0 radical (unpaired) electrons. The summed E-state index contributed by atoms with van der Waals surface area (Å²) in [6.45, 7) is 2.20. The molecule has 0 saturated carbocycles. The summed E-state index contributed by atoms with van der Waals surface area (Å²) in [6.07, 6.45) is 8.47. The molecule has 0 aromatic heterocycles. The summed E-state index contributed by atoms with van der Waals surface area (Å²) in [5.41, 5.74) is 3.03. The first-order valence-corrected chi connectivity index (χ1v) is 8.64. The first-order chi connectivity index (χ1) is 11.3. The maximum atomic E-state index is 12.8. The summed E-state index contributed by atoms with van der Waals surface area (Å²) in [5, 5.41) is 0. The Bertz CT molecular complexity index is 611. The van der Waals surface area contributed by atoms with Crippen LogP contribution in [0.5, 0.6) is 0 Å². The number of allylic oxidation sites excluding steroid dienone is 2. The average Bonchev–Trinajstić information content (AvgIpc) is 2.62. The quantitative estimate of drug-likeness (QED) is 0.315. The minimum atomic E-state index is 0.179. The van der Waals surface area contributed by atoms with Crippen molar-refractivity contribution in [1.82, 2.24) is 0 Å². The van der Waals surface area contributed by atoms with Crippen LogP contribution in [0.1, 0.15) is 54.9 Å². The second kappa shape index (κ2) is 9.78. The van der Waals surface area contributed by atoms with E-state index in [9.17, 15) is 4.79 Å². The maximum Gasteiger partial charge on any atom is 0.188 e. The molecule has 2 aromatic carbocycles. The number of benzene rings is 2. The summed E-state index contributed by atoms with van der Waals surface area (Å²) >= 11 is 0. The van der Waals surface area contributed by atoms with Gasteiger partial charge in [-0.05, 0) is 36.8 Å². The van der Waals surface area contributed by atoms with Crippen molar-refractivity contribution in [1.29, 1.82) is 0 Å². The Morgan fingerprint density at radius 2 is 1.57 bits per heavy atom. The highest BCUT2D eigenvalue weighted by Crippen LogP contribution is 2.17. The highest BCUT2D eigenvalue weighted by atomic mass is 16.1. The van der Waals surface area contributed by atoms with Crippen LogP contribution >= 0.6 is 0 Å². The van der Waals surface area contributed by atoms with Crippen LogP contribution in [0.3, 0.4) is 0 Å². The Morgan fingerprint density at radius 1 is 0.913 bits per heavy atom. The number of hydrogen-bond acceptors (Lipinski definition) is 1. The van der Waals surface area contributed by atoms with Crippen molar-refractivity contribution in [2.75, 3.05) is 0 Å². The van der Waals surface area contributed by atoms with Crippen molar-refractivity contribution < 1.29 is 4.79 Å². The molecule has 0 aliphatic rings. The van der Waals surface area contributed by atoms with E-state index in [0.29, 0.717) is 0 Å². The first kappa shape index (κ1) is 17.2. The number of aryl methyl sites for hydroxylation is 1. The van der Waals surface area contributed by atoms with E-state index in [0.717, 1.165) is 36.8 Å². The fourth-order valence-corrected chi connectivity index (χ4v) is 2.68. The van der Waals surface area contributed by atoms with Crippen molar-refractivity contribution in [2.45, 2.75) is 45.4 Å². The Balaban J connectivity index is 2.06. The molecule has 0 heterocycles. The Labute approximate surface area is 140 Å². The molecule has 0 saturated heterocycles. The number of carbonyl (C=O) groups is 1. The molecule has 23 heavy (non-hydrogen) atoms. The summed E-state index contributed by atoms with van der Waals surface area (Å²) in [4.78, 5) is 12.8. The third-order valence-electron chi connectivity index (χ3n) is 4.05. The van der Waals surface area contributed by atoms with E-state index >= 15 is 0 Å². The van der Waals surface area contributed by atoms with Crippen molar-refractivity contribution in [3.05, 3.63) is 83.4 Å². The molecule has 0 N–H and O–H groups in total. The van der Waals surface area contributed by atoms with Gasteiger partial charge in [-0.15, -0.1) is 0 Å². The van der Waals surface area contributed by atoms with Gasteiger partial charge in [-0.25, -0.2) is 0 Å². The van der Waals surface area contributed by atoms with E-state index < -0.39 is 0 Å². The number of rotatable bonds is 9. The van der Waals surface area contributed by atoms with Crippen LogP contribution in [-0.2, 0) is 6.42 Å². The molecule has 0 aliphatic heterocycles. The van der Waals surface area contributed by atoms with Gasteiger partial charge in [0, 0.05) is 5.56 Å². The number of unbranched alkanes of at least 4 members (excludes halogenated alkanes) is 3. The highest BCUT2D eigenvalue weighted by Gasteiger charge is 2.11. The third-order valence-corrected chi connectivity index (χ3v) is 4.05. The zero-order valence-electron chi connectivity index (χ0n) is 14.0. The van der Waals surface area contributed by atoms with Gasteiger partial charge in [0.15, 0.2) is 5.78 Å². The van der Waals surface area contributed by atoms with Crippen LogP contribution in [0.4, 0.5) is 0 Å². The van der Waals surface area contributed by atoms with Crippen LogP contribution < -0.4 is 0 Å². The van der Waals surface area contributed by atoms with E-state index in [1.54, 1.807) is 0 Å². The Kier molecular flexibility index (Phi) is 7.32. The topological polar surface area (TPSA) is 17.1 Å². The van der Waals surface area contributed by atoms with Gasteiger partial charge >= 0.3 is 0 Å². The van der Waals surface area contributed by atoms with Crippen LogP contribution in [0.25, 0.3) is 0 Å². The van der Waals surface area contributed by atoms with Crippen molar-refractivity contribution in [2.24, 2.45) is 0 Å². The molecule has 120 valence electrons. The van der Waals surface area contributed by atoms with Crippen molar-refractivity contribution >= 4 is 5.78 Å². The number of Topliss-reactive ketones (excluding diaryl/α,β-unsaturated/α-hetero) is 1. The van der Waals surface area contributed by atoms with Gasteiger partial charge in [-0.3, -0.25) is 4.79 Å². The standard InChI is InChI=1S/C22H26O/c1-2-3-4-9-16-21(18-17-19-12-7-5-8-13-19)22(23)20-14-10-6-11-15-20/h5-8,10-16H,2-4,9,17-18H2,1H3/b21-16+. The summed E-state index contributed by atoms with van der Waals surface area (Å²) in [6, 6.07) is 20.0. The van der Waals surface area contributed by atoms with Gasteiger partial charge in [0.2, 0.25) is 0 Å². The molecule has 0 aliphatic carbocycles. The average molecular weight is 306 g/mol. The van der Waals surface area contributed by atoms with Crippen molar-refractivity contribution in [3.63, 3.8) is 0 Å². The Hall–Kier alpha value is -2.15. The molecule has 1 heteroatoms. The van der Waals surface area contributed by atoms with Gasteiger partial charge in [0.25, 0.3) is 0 Å². The van der Waals surface area contributed by atoms with Gasteiger partial charge in [0.05, 0.1) is 0 Å². The van der Waals surface area contributed by atoms with E-state index in [-0.39, 0.29) is 5.78 Å². The van der Waals surface area contributed by atoms with E-state index in [1.807, 2.05) is 36.4 Å².